The van der Waals surface area contributed by atoms with Crippen molar-refractivity contribution in [3.8, 4) is 0 Å². The number of hydrogen-bond acceptors (Lipinski definition) is 4. The van der Waals surface area contributed by atoms with E-state index in [1.54, 1.807) is 6.33 Å². The fourth-order valence-electron chi connectivity index (χ4n) is 1.95. The molecule has 1 fully saturated rings. The minimum absolute atomic E-state index is 0.631. The van der Waals surface area contributed by atoms with Crippen molar-refractivity contribution in [2.45, 2.75) is 25.3 Å². The fourth-order valence-corrected chi connectivity index (χ4v) is 1.95. The lowest BCUT2D eigenvalue weighted by atomic mass is 10.1. The zero-order chi connectivity index (χ0) is 10.5. The Morgan fingerprint density at radius 1 is 1.67 bits per heavy atom. The van der Waals surface area contributed by atoms with Crippen molar-refractivity contribution in [2.24, 2.45) is 7.05 Å². The topological polar surface area (TPSA) is 54.8 Å². The number of aromatic nitrogens is 3. The maximum Gasteiger partial charge on any atom is 0.133 e. The highest BCUT2D eigenvalue weighted by molar-refractivity contribution is 4.86. The third-order valence-corrected chi connectivity index (χ3v) is 2.88. The van der Waals surface area contributed by atoms with Gasteiger partial charge in [0, 0.05) is 32.6 Å². The first-order valence-corrected chi connectivity index (χ1v) is 5.63. The zero-order valence-corrected chi connectivity index (χ0v) is 9.24. The lowest BCUT2D eigenvalue weighted by molar-refractivity contribution is 0.390. The van der Waals surface area contributed by atoms with Crippen molar-refractivity contribution in [1.82, 2.24) is 25.4 Å². The number of aryl methyl sites for hydroxylation is 1. The van der Waals surface area contributed by atoms with Crippen LogP contribution in [-0.4, -0.2) is 40.4 Å². The molecule has 1 atom stereocenters. The van der Waals surface area contributed by atoms with Gasteiger partial charge in [-0.3, -0.25) is 0 Å². The first-order chi connectivity index (χ1) is 7.36. The Morgan fingerprint density at radius 2 is 2.60 bits per heavy atom. The Kier molecular flexibility index (Phi) is 3.69. The molecule has 15 heavy (non-hydrogen) atoms. The smallest absolute Gasteiger partial charge is 0.133 e. The van der Waals surface area contributed by atoms with E-state index in [0.29, 0.717) is 6.04 Å². The molecule has 0 bridgehead atoms. The van der Waals surface area contributed by atoms with E-state index in [1.807, 2.05) is 11.6 Å². The summed E-state index contributed by atoms with van der Waals surface area (Å²) in [4.78, 5) is 0. The quantitative estimate of drug-likeness (QED) is 0.715. The molecule has 1 aromatic heterocycles. The molecule has 2 rings (SSSR count). The standard InChI is InChI=1S/C10H19N5/c1-15-8-13-14-10(15)4-6-12-9-3-2-5-11-7-9/h8-9,11-12H,2-7H2,1H3. The van der Waals surface area contributed by atoms with E-state index >= 15 is 0 Å². The van der Waals surface area contributed by atoms with Crippen molar-refractivity contribution in [2.75, 3.05) is 19.6 Å². The molecule has 0 aliphatic carbocycles. The van der Waals surface area contributed by atoms with Crippen LogP contribution in [-0.2, 0) is 13.5 Å². The van der Waals surface area contributed by atoms with Crippen LogP contribution in [0.15, 0.2) is 6.33 Å². The van der Waals surface area contributed by atoms with Crippen LogP contribution < -0.4 is 10.6 Å². The Balaban J connectivity index is 1.68. The first-order valence-electron chi connectivity index (χ1n) is 5.63. The summed E-state index contributed by atoms with van der Waals surface area (Å²) in [5.74, 6) is 1.05. The summed E-state index contributed by atoms with van der Waals surface area (Å²) in [7, 11) is 1.98. The normalized spacial score (nSPS) is 21.8. The van der Waals surface area contributed by atoms with Gasteiger partial charge in [0.25, 0.3) is 0 Å². The summed E-state index contributed by atoms with van der Waals surface area (Å²) in [5.41, 5.74) is 0. The van der Waals surface area contributed by atoms with Crippen LogP contribution in [0.4, 0.5) is 0 Å². The van der Waals surface area contributed by atoms with E-state index in [-0.39, 0.29) is 0 Å². The molecule has 2 N–H and O–H groups in total. The van der Waals surface area contributed by atoms with Crippen LogP contribution in [0.25, 0.3) is 0 Å². The van der Waals surface area contributed by atoms with Crippen molar-refractivity contribution < 1.29 is 0 Å². The van der Waals surface area contributed by atoms with Gasteiger partial charge >= 0.3 is 0 Å². The molecule has 0 radical (unpaired) electrons. The number of nitrogens with one attached hydrogen (secondary N) is 2. The number of piperidine rings is 1. The lowest BCUT2D eigenvalue weighted by Crippen LogP contribution is -2.43. The van der Waals surface area contributed by atoms with E-state index < -0.39 is 0 Å². The molecule has 0 amide bonds. The minimum Gasteiger partial charge on any atom is -0.321 e. The summed E-state index contributed by atoms with van der Waals surface area (Å²) in [6.45, 7) is 3.25. The van der Waals surface area contributed by atoms with Gasteiger partial charge in [0.2, 0.25) is 0 Å². The molecular formula is C10H19N5. The second-order valence-corrected chi connectivity index (χ2v) is 4.11. The third-order valence-electron chi connectivity index (χ3n) is 2.88. The average Bonchev–Trinajstić information content (AvgIpc) is 2.66. The molecule has 1 aliphatic heterocycles. The Hall–Kier alpha value is -0.940. The third kappa shape index (κ3) is 3.00. The molecule has 1 unspecified atom stereocenters. The van der Waals surface area contributed by atoms with Gasteiger partial charge in [0.05, 0.1) is 0 Å². The van der Waals surface area contributed by atoms with Gasteiger partial charge in [-0.05, 0) is 19.4 Å². The highest BCUT2D eigenvalue weighted by atomic mass is 15.2. The summed E-state index contributed by atoms with van der Waals surface area (Å²) in [6, 6.07) is 0.631. The van der Waals surface area contributed by atoms with Crippen LogP contribution in [0.5, 0.6) is 0 Å². The predicted octanol–water partition coefficient (Wildman–Crippen LogP) is -0.301. The molecule has 1 aromatic rings. The molecular weight excluding hydrogens is 190 g/mol. The van der Waals surface area contributed by atoms with Gasteiger partial charge in [0.1, 0.15) is 12.2 Å². The molecule has 5 heteroatoms. The van der Waals surface area contributed by atoms with E-state index in [4.69, 9.17) is 0 Å². The van der Waals surface area contributed by atoms with Gasteiger partial charge in [-0.15, -0.1) is 10.2 Å². The monoisotopic (exact) mass is 209 g/mol. The predicted molar refractivity (Wildman–Crippen MR) is 58.6 cm³/mol. The Labute approximate surface area is 90.3 Å². The zero-order valence-electron chi connectivity index (χ0n) is 9.24. The molecule has 0 spiro atoms. The van der Waals surface area contributed by atoms with Crippen LogP contribution in [0.2, 0.25) is 0 Å². The van der Waals surface area contributed by atoms with Crippen molar-refractivity contribution in [1.29, 1.82) is 0 Å². The van der Waals surface area contributed by atoms with Gasteiger partial charge in [-0.1, -0.05) is 0 Å². The molecule has 2 heterocycles. The molecule has 0 aromatic carbocycles. The lowest BCUT2D eigenvalue weighted by Gasteiger charge is -2.23. The molecule has 1 saturated heterocycles. The van der Waals surface area contributed by atoms with Gasteiger partial charge < -0.3 is 15.2 Å². The van der Waals surface area contributed by atoms with Crippen molar-refractivity contribution >= 4 is 0 Å². The highest BCUT2D eigenvalue weighted by Crippen LogP contribution is 2.01. The van der Waals surface area contributed by atoms with Gasteiger partial charge in [-0.25, -0.2) is 0 Å². The summed E-state index contributed by atoms with van der Waals surface area (Å²) >= 11 is 0. The largest absolute Gasteiger partial charge is 0.321 e. The van der Waals surface area contributed by atoms with E-state index in [2.05, 4.69) is 20.8 Å². The summed E-state index contributed by atoms with van der Waals surface area (Å²) in [5, 5.41) is 14.9. The maximum absolute atomic E-state index is 4.06. The van der Waals surface area contributed by atoms with Crippen LogP contribution in [0.1, 0.15) is 18.7 Å². The summed E-state index contributed by atoms with van der Waals surface area (Å²) < 4.78 is 1.97. The Morgan fingerprint density at radius 3 is 3.27 bits per heavy atom. The number of rotatable bonds is 4. The SMILES string of the molecule is Cn1cnnc1CCNC1CCCNC1. The van der Waals surface area contributed by atoms with Crippen LogP contribution in [0.3, 0.4) is 0 Å². The Bertz CT molecular complexity index is 290. The van der Waals surface area contributed by atoms with Gasteiger partial charge in [0.15, 0.2) is 0 Å². The highest BCUT2D eigenvalue weighted by Gasteiger charge is 2.11. The van der Waals surface area contributed by atoms with E-state index in [1.165, 1.54) is 19.4 Å². The fraction of sp³-hybridized carbons (Fsp3) is 0.800. The maximum atomic E-state index is 4.06. The van der Waals surface area contributed by atoms with Crippen LogP contribution >= 0.6 is 0 Å². The van der Waals surface area contributed by atoms with Crippen molar-refractivity contribution in [3.63, 3.8) is 0 Å². The van der Waals surface area contributed by atoms with Gasteiger partial charge in [-0.2, -0.15) is 0 Å². The molecule has 0 saturated carbocycles. The average molecular weight is 209 g/mol. The second kappa shape index (κ2) is 5.23. The van der Waals surface area contributed by atoms with E-state index in [9.17, 15) is 0 Å². The molecule has 84 valence electrons. The van der Waals surface area contributed by atoms with E-state index in [0.717, 1.165) is 25.3 Å². The minimum atomic E-state index is 0.631. The van der Waals surface area contributed by atoms with Crippen molar-refractivity contribution in [3.05, 3.63) is 12.2 Å². The first kappa shape index (κ1) is 10.6. The summed E-state index contributed by atoms with van der Waals surface area (Å²) in [6.07, 6.45) is 5.26. The second-order valence-electron chi connectivity index (χ2n) is 4.11. The molecule has 5 nitrogen and oxygen atoms in total. The molecule has 1 aliphatic rings. The number of nitrogens with zero attached hydrogens (tertiary/aromatic N) is 3. The number of hydrogen-bond donors (Lipinski definition) is 2. The van der Waals surface area contributed by atoms with Crippen LogP contribution in [0, 0.1) is 0 Å².